The molecule has 0 saturated carbocycles. The van der Waals surface area contributed by atoms with Crippen LogP contribution in [-0.4, -0.2) is 5.78 Å². The molecular weight excluding hydrogens is 239 g/mol. The molecule has 0 spiro atoms. The molecule has 0 atom stereocenters. The molecule has 0 aliphatic rings. The van der Waals surface area contributed by atoms with Gasteiger partial charge < -0.3 is 4.74 Å². The second-order valence-corrected chi connectivity index (χ2v) is 4.50. The average molecular weight is 250 g/mol. The Kier molecular flexibility index (Phi) is 3.54. The maximum absolute atomic E-state index is 12.7. The van der Waals surface area contributed by atoms with Gasteiger partial charge in [0.05, 0.1) is 0 Å². The van der Waals surface area contributed by atoms with Crippen molar-refractivity contribution in [2.24, 2.45) is 0 Å². The normalized spacial score (nSPS) is 10.2. The summed E-state index contributed by atoms with van der Waals surface area (Å²) >= 11 is 1.36. The number of Topliss-reactive ketones (excluding diaryl/α,β-unsaturated/α-hetero) is 1. The number of hydrogen-bond acceptors (Lipinski definition) is 3. The number of halogens is 1. The van der Waals surface area contributed by atoms with Crippen LogP contribution in [0.3, 0.4) is 0 Å². The van der Waals surface area contributed by atoms with Crippen LogP contribution in [0.15, 0.2) is 35.7 Å². The van der Waals surface area contributed by atoms with E-state index in [1.165, 1.54) is 30.4 Å². The Morgan fingerprint density at radius 2 is 2.00 bits per heavy atom. The minimum atomic E-state index is -0.270. The van der Waals surface area contributed by atoms with Crippen molar-refractivity contribution >= 4 is 17.1 Å². The van der Waals surface area contributed by atoms with E-state index in [1.807, 2.05) is 5.38 Å². The lowest BCUT2D eigenvalue weighted by atomic mass is 10.2. The SMILES string of the molecule is CC(=O)c1sccc1OCc1ccc(F)cc1. The monoisotopic (exact) mass is 250 g/mol. The molecule has 0 saturated heterocycles. The largest absolute Gasteiger partial charge is 0.487 e. The van der Waals surface area contributed by atoms with Crippen LogP contribution in [0.1, 0.15) is 22.2 Å². The van der Waals surface area contributed by atoms with Gasteiger partial charge in [-0.2, -0.15) is 0 Å². The quantitative estimate of drug-likeness (QED) is 0.774. The molecule has 0 bridgehead atoms. The van der Waals surface area contributed by atoms with E-state index in [0.29, 0.717) is 17.2 Å². The van der Waals surface area contributed by atoms with E-state index in [0.717, 1.165) is 5.56 Å². The second kappa shape index (κ2) is 5.10. The summed E-state index contributed by atoms with van der Waals surface area (Å²) in [7, 11) is 0. The molecule has 2 rings (SSSR count). The summed E-state index contributed by atoms with van der Waals surface area (Å²) in [6, 6.07) is 7.87. The summed E-state index contributed by atoms with van der Waals surface area (Å²) in [5.74, 6) is 0.314. The fourth-order valence-corrected chi connectivity index (χ4v) is 2.15. The van der Waals surface area contributed by atoms with Gasteiger partial charge in [0.2, 0.25) is 0 Å². The molecule has 2 nitrogen and oxygen atoms in total. The van der Waals surface area contributed by atoms with E-state index in [4.69, 9.17) is 4.74 Å². The first-order valence-corrected chi connectivity index (χ1v) is 6.00. The van der Waals surface area contributed by atoms with Gasteiger partial charge in [0.25, 0.3) is 0 Å². The molecule has 0 radical (unpaired) electrons. The summed E-state index contributed by atoms with van der Waals surface area (Å²) in [4.78, 5) is 11.9. The number of rotatable bonds is 4. The standard InChI is InChI=1S/C13H11FO2S/c1-9(15)13-12(6-7-17-13)16-8-10-2-4-11(14)5-3-10/h2-7H,8H2,1H3. The number of ketones is 1. The van der Waals surface area contributed by atoms with Gasteiger partial charge in [0.1, 0.15) is 23.1 Å². The van der Waals surface area contributed by atoms with Crippen molar-refractivity contribution in [2.75, 3.05) is 0 Å². The van der Waals surface area contributed by atoms with E-state index < -0.39 is 0 Å². The van der Waals surface area contributed by atoms with E-state index in [9.17, 15) is 9.18 Å². The fourth-order valence-electron chi connectivity index (χ4n) is 1.41. The highest BCUT2D eigenvalue weighted by Gasteiger charge is 2.09. The van der Waals surface area contributed by atoms with Crippen LogP contribution in [0.2, 0.25) is 0 Å². The van der Waals surface area contributed by atoms with Crippen LogP contribution in [0, 0.1) is 5.82 Å². The van der Waals surface area contributed by atoms with Crippen molar-refractivity contribution in [3.8, 4) is 5.75 Å². The van der Waals surface area contributed by atoms with Crippen molar-refractivity contribution < 1.29 is 13.9 Å². The van der Waals surface area contributed by atoms with Crippen molar-refractivity contribution in [2.45, 2.75) is 13.5 Å². The van der Waals surface area contributed by atoms with Crippen molar-refractivity contribution in [1.29, 1.82) is 0 Å². The van der Waals surface area contributed by atoms with Crippen LogP contribution >= 0.6 is 11.3 Å². The van der Waals surface area contributed by atoms with Gasteiger partial charge in [-0.05, 0) is 29.1 Å². The minimum Gasteiger partial charge on any atom is -0.487 e. The van der Waals surface area contributed by atoms with Crippen LogP contribution < -0.4 is 4.74 Å². The molecule has 1 heterocycles. The third-order valence-electron chi connectivity index (χ3n) is 2.26. The fraction of sp³-hybridized carbons (Fsp3) is 0.154. The number of benzene rings is 1. The molecule has 0 unspecified atom stereocenters. The Labute approximate surface area is 103 Å². The molecule has 0 amide bonds. The zero-order chi connectivity index (χ0) is 12.3. The van der Waals surface area contributed by atoms with Gasteiger partial charge in [0, 0.05) is 6.92 Å². The van der Waals surface area contributed by atoms with Gasteiger partial charge in [-0.25, -0.2) is 4.39 Å². The average Bonchev–Trinajstić information content (AvgIpc) is 2.76. The number of ether oxygens (including phenoxy) is 1. The number of hydrogen-bond donors (Lipinski definition) is 0. The Morgan fingerprint density at radius 1 is 1.29 bits per heavy atom. The van der Waals surface area contributed by atoms with E-state index in [-0.39, 0.29) is 11.6 Å². The van der Waals surface area contributed by atoms with Crippen LogP contribution in [0.5, 0.6) is 5.75 Å². The third kappa shape index (κ3) is 2.91. The lowest BCUT2D eigenvalue weighted by molar-refractivity contribution is 0.101. The smallest absolute Gasteiger partial charge is 0.173 e. The molecule has 17 heavy (non-hydrogen) atoms. The molecule has 4 heteroatoms. The van der Waals surface area contributed by atoms with Gasteiger partial charge in [0.15, 0.2) is 5.78 Å². The predicted octanol–water partition coefficient (Wildman–Crippen LogP) is 3.67. The zero-order valence-corrected chi connectivity index (χ0v) is 10.1. The molecule has 88 valence electrons. The molecule has 1 aromatic heterocycles. The maximum atomic E-state index is 12.7. The Balaban J connectivity index is 2.05. The zero-order valence-electron chi connectivity index (χ0n) is 9.27. The van der Waals surface area contributed by atoms with E-state index in [2.05, 4.69) is 0 Å². The molecule has 2 aromatic rings. The highest BCUT2D eigenvalue weighted by molar-refractivity contribution is 7.12. The topological polar surface area (TPSA) is 26.3 Å². The van der Waals surface area contributed by atoms with Crippen molar-refractivity contribution in [3.63, 3.8) is 0 Å². The highest BCUT2D eigenvalue weighted by Crippen LogP contribution is 2.26. The first-order chi connectivity index (χ1) is 8.16. The van der Waals surface area contributed by atoms with Crippen LogP contribution in [0.25, 0.3) is 0 Å². The lowest BCUT2D eigenvalue weighted by Crippen LogP contribution is -1.98. The summed E-state index contributed by atoms with van der Waals surface area (Å²) in [5.41, 5.74) is 0.868. The molecule has 0 aliphatic heterocycles. The number of carbonyl (C=O) groups excluding carboxylic acids is 1. The van der Waals surface area contributed by atoms with Gasteiger partial charge >= 0.3 is 0 Å². The maximum Gasteiger partial charge on any atom is 0.173 e. The van der Waals surface area contributed by atoms with Crippen LogP contribution in [-0.2, 0) is 6.61 Å². The molecule has 0 N–H and O–H groups in total. The summed E-state index contributed by atoms with van der Waals surface area (Å²) in [6.45, 7) is 1.84. The summed E-state index contributed by atoms with van der Waals surface area (Å²) < 4.78 is 18.2. The molecule has 1 aromatic carbocycles. The summed E-state index contributed by atoms with van der Waals surface area (Å²) in [6.07, 6.45) is 0. The summed E-state index contributed by atoms with van der Waals surface area (Å²) in [5, 5.41) is 1.82. The third-order valence-corrected chi connectivity index (χ3v) is 3.25. The van der Waals surface area contributed by atoms with Crippen molar-refractivity contribution in [3.05, 3.63) is 52.0 Å². The minimum absolute atomic E-state index is 0.00546. The second-order valence-electron chi connectivity index (χ2n) is 3.59. The van der Waals surface area contributed by atoms with Gasteiger partial charge in [-0.3, -0.25) is 4.79 Å². The predicted molar refractivity (Wildman–Crippen MR) is 65.1 cm³/mol. The molecule has 0 fully saturated rings. The van der Waals surface area contributed by atoms with Crippen molar-refractivity contribution in [1.82, 2.24) is 0 Å². The van der Waals surface area contributed by atoms with Gasteiger partial charge in [-0.1, -0.05) is 12.1 Å². The van der Waals surface area contributed by atoms with Gasteiger partial charge in [-0.15, -0.1) is 11.3 Å². The Morgan fingerprint density at radius 3 is 2.65 bits per heavy atom. The number of carbonyl (C=O) groups is 1. The van der Waals surface area contributed by atoms with E-state index >= 15 is 0 Å². The lowest BCUT2D eigenvalue weighted by Gasteiger charge is -2.05. The molecular formula is C13H11FO2S. The number of thiophene rings is 1. The van der Waals surface area contributed by atoms with Crippen LogP contribution in [0.4, 0.5) is 4.39 Å². The highest BCUT2D eigenvalue weighted by atomic mass is 32.1. The molecule has 0 aliphatic carbocycles. The first kappa shape index (κ1) is 11.8. The van der Waals surface area contributed by atoms with E-state index in [1.54, 1.807) is 18.2 Å². The first-order valence-electron chi connectivity index (χ1n) is 5.12. The Hall–Kier alpha value is -1.68. The Bertz CT molecular complexity index is 516.